The standard InChI is InChI=1S/C14H29N/c1-5-15-13(14(2,3)4)11-12-9-7-6-8-10-12/h12-13,15H,5-11H2,1-4H3. The van der Waals surface area contributed by atoms with Crippen molar-refractivity contribution < 1.29 is 0 Å². The van der Waals surface area contributed by atoms with Gasteiger partial charge in [0.2, 0.25) is 0 Å². The molecule has 1 saturated carbocycles. The normalized spacial score (nSPS) is 21.6. The fourth-order valence-electron chi connectivity index (χ4n) is 2.75. The van der Waals surface area contributed by atoms with E-state index in [2.05, 4.69) is 33.0 Å². The van der Waals surface area contributed by atoms with Crippen LogP contribution in [0.3, 0.4) is 0 Å². The molecule has 0 bridgehead atoms. The van der Waals surface area contributed by atoms with Crippen molar-refractivity contribution in [2.75, 3.05) is 6.54 Å². The van der Waals surface area contributed by atoms with Crippen LogP contribution in [0.4, 0.5) is 0 Å². The first kappa shape index (κ1) is 13.0. The zero-order valence-corrected chi connectivity index (χ0v) is 11.1. The fraction of sp³-hybridized carbons (Fsp3) is 1.00. The topological polar surface area (TPSA) is 12.0 Å². The first-order valence-electron chi connectivity index (χ1n) is 6.77. The van der Waals surface area contributed by atoms with Crippen LogP contribution in [-0.2, 0) is 0 Å². The monoisotopic (exact) mass is 211 g/mol. The van der Waals surface area contributed by atoms with E-state index < -0.39 is 0 Å². The summed E-state index contributed by atoms with van der Waals surface area (Å²) >= 11 is 0. The molecule has 1 aliphatic carbocycles. The number of rotatable bonds is 4. The van der Waals surface area contributed by atoms with Crippen molar-refractivity contribution in [3.05, 3.63) is 0 Å². The Hall–Kier alpha value is -0.0400. The summed E-state index contributed by atoms with van der Waals surface area (Å²) in [6, 6.07) is 0.700. The summed E-state index contributed by atoms with van der Waals surface area (Å²) < 4.78 is 0. The highest BCUT2D eigenvalue weighted by atomic mass is 14.9. The van der Waals surface area contributed by atoms with Gasteiger partial charge in [-0.2, -0.15) is 0 Å². The Morgan fingerprint density at radius 2 is 1.73 bits per heavy atom. The van der Waals surface area contributed by atoms with E-state index in [0.717, 1.165) is 12.5 Å². The molecule has 0 radical (unpaired) electrons. The molecule has 0 spiro atoms. The average molecular weight is 211 g/mol. The summed E-state index contributed by atoms with van der Waals surface area (Å²) in [5.41, 5.74) is 0.410. The molecule has 0 aromatic heterocycles. The minimum Gasteiger partial charge on any atom is -0.314 e. The lowest BCUT2D eigenvalue weighted by molar-refractivity contribution is 0.204. The van der Waals surface area contributed by atoms with E-state index in [4.69, 9.17) is 0 Å². The van der Waals surface area contributed by atoms with Gasteiger partial charge in [-0.15, -0.1) is 0 Å². The molecule has 1 rings (SSSR count). The van der Waals surface area contributed by atoms with Gasteiger partial charge in [0, 0.05) is 6.04 Å². The first-order valence-corrected chi connectivity index (χ1v) is 6.77. The second-order valence-electron chi connectivity index (χ2n) is 6.22. The molecular formula is C14H29N. The maximum atomic E-state index is 3.67. The Morgan fingerprint density at radius 1 is 1.13 bits per heavy atom. The Kier molecular flexibility index (Phi) is 5.11. The van der Waals surface area contributed by atoms with E-state index in [0.29, 0.717) is 11.5 Å². The van der Waals surface area contributed by atoms with Gasteiger partial charge < -0.3 is 5.32 Å². The van der Waals surface area contributed by atoms with Gasteiger partial charge in [0.1, 0.15) is 0 Å². The molecule has 15 heavy (non-hydrogen) atoms. The third-order valence-electron chi connectivity index (χ3n) is 3.79. The predicted molar refractivity (Wildman–Crippen MR) is 68.1 cm³/mol. The minimum atomic E-state index is 0.410. The van der Waals surface area contributed by atoms with Crippen LogP contribution >= 0.6 is 0 Å². The van der Waals surface area contributed by atoms with Gasteiger partial charge in [-0.3, -0.25) is 0 Å². The summed E-state index contributed by atoms with van der Waals surface area (Å²) in [5, 5.41) is 3.67. The molecule has 1 unspecified atom stereocenters. The molecule has 1 aliphatic rings. The lowest BCUT2D eigenvalue weighted by Gasteiger charge is -2.35. The molecule has 0 amide bonds. The fourth-order valence-corrected chi connectivity index (χ4v) is 2.75. The van der Waals surface area contributed by atoms with Crippen molar-refractivity contribution in [1.82, 2.24) is 5.32 Å². The van der Waals surface area contributed by atoms with Gasteiger partial charge in [0.05, 0.1) is 0 Å². The Bertz CT molecular complexity index is 163. The third kappa shape index (κ3) is 4.55. The zero-order chi connectivity index (χ0) is 11.3. The molecule has 90 valence electrons. The van der Waals surface area contributed by atoms with Crippen molar-refractivity contribution in [2.24, 2.45) is 11.3 Å². The van der Waals surface area contributed by atoms with E-state index >= 15 is 0 Å². The highest BCUT2D eigenvalue weighted by molar-refractivity contribution is 4.83. The SMILES string of the molecule is CCNC(CC1CCCCC1)C(C)(C)C. The molecule has 1 heteroatoms. The number of hydrogen-bond donors (Lipinski definition) is 1. The molecule has 1 nitrogen and oxygen atoms in total. The van der Waals surface area contributed by atoms with Crippen LogP contribution in [0.5, 0.6) is 0 Å². The van der Waals surface area contributed by atoms with E-state index in [1.165, 1.54) is 38.5 Å². The van der Waals surface area contributed by atoms with Crippen molar-refractivity contribution in [3.63, 3.8) is 0 Å². The van der Waals surface area contributed by atoms with Crippen LogP contribution < -0.4 is 5.32 Å². The smallest absolute Gasteiger partial charge is 0.0118 e. The zero-order valence-electron chi connectivity index (χ0n) is 11.1. The van der Waals surface area contributed by atoms with Crippen LogP contribution in [0, 0.1) is 11.3 Å². The number of hydrogen-bond acceptors (Lipinski definition) is 1. The molecule has 0 heterocycles. The Morgan fingerprint density at radius 3 is 2.20 bits per heavy atom. The largest absolute Gasteiger partial charge is 0.314 e. The van der Waals surface area contributed by atoms with Crippen LogP contribution in [0.2, 0.25) is 0 Å². The van der Waals surface area contributed by atoms with Crippen molar-refractivity contribution in [1.29, 1.82) is 0 Å². The molecule has 1 N–H and O–H groups in total. The molecule has 0 aromatic carbocycles. The van der Waals surface area contributed by atoms with Crippen LogP contribution in [-0.4, -0.2) is 12.6 Å². The Balaban J connectivity index is 2.42. The van der Waals surface area contributed by atoms with Crippen molar-refractivity contribution in [2.45, 2.75) is 72.3 Å². The van der Waals surface area contributed by atoms with Gasteiger partial charge in [0.15, 0.2) is 0 Å². The van der Waals surface area contributed by atoms with E-state index in [1.54, 1.807) is 0 Å². The second kappa shape index (κ2) is 5.89. The van der Waals surface area contributed by atoms with Gasteiger partial charge in [-0.25, -0.2) is 0 Å². The highest BCUT2D eigenvalue weighted by Gasteiger charge is 2.27. The van der Waals surface area contributed by atoms with Crippen LogP contribution in [0.15, 0.2) is 0 Å². The van der Waals surface area contributed by atoms with Crippen LogP contribution in [0.1, 0.15) is 66.2 Å². The molecular weight excluding hydrogens is 182 g/mol. The van der Waals surface area contributed by atoms with Gasteiger partial charge in [0.25, 0.3) is 0 Å². The number of nitrogens with one attached hydrogen (secondary N) is 1. The summed E-state index contributed by atoms with van der Waals surface area (Å²) in [6.45, 7) is 10.4. The van der Waals surface area contributed by atoms with Crippen molar-refractivity contribution in [3.8, 4) is 0 Å². The minimum absolute atomic E-state index is 0.410. The molecule has 0 saturated heterocycles. The van der Waals surface area contributed by atoms with Crippen LogP contribution in [0.25, 0.3) is 0 Å². The lowest BCUT2D eigenvalue weighted by Crippen LogP contribution is -2.41. The maximum absolute atomic E-state index is 3.67. The second-order valence-corrected chi connectivity index (χ2v) is 6.22. The molecule has 0 aromatic rings. The lowest BCUT2D eigenvalue weighted by atomic mass is 9.77. The molecule has 0 aliphatic heterocycles. The summed E-state index contributed by atoms with van der Waals surface area (Å²) in [5.74, 6) is 0.988. The van der Waals surface area contributed by atoms with Crippen molar-refractivity contribution >= 4 is 0 Å². The van der Waals surface area contributed by atoms with E-state index in [1.807, 2.05) is 0 Å². The van der Waals surface area contributed by atoms with Gasteiger partial charge >= 0.3 is 0 Å². The van der Waals surface area contributed by atoms with Gasteiger partial charge in [-0.1, -0.05) is 59.8 Å². The quantitative estimate of drug-likeness (QED) is 0.741. The third-order valence-corrected chi connectivity index (χ3v) is 3.79. The maximum Gasteiger partial charge on any atom is 0.0118 e. The van der Waals surface area contributed by atoms with Gasteiger partial charge in [-0.05, 0) is 24.3 Å². The molecule has 1 fully saturated rings. The average Bonchev–Trinajstić information content (AvgIpc) is 2.17. The predicted octanol–water partition coefficient (Wildman–Crippen LogP) is 3.98. The van der Waals surface area contributed by atoms with E-state index in [9.17, 15) is 0 Å². The van der Waals surface area contributed by atoms with E-state index in [-0.39, 0.29) is 0 Å². The Labute approximate surface area is 96.0 Å². The first-order chi connectivity index (χ1) is 7.04. The highest BCUT2D eigenvalue weighted by Crippen LogP contribution is 2.32. The summed E-state index contributed by atoms with van der Waals surface area (Å²) in [6.07, 6.45) is 8.73. The molecule has 1 atom stereocenters. The summed E-state index contributed by atoms with van der Waals surface area (Å²) in [7, 11) is 0. The summed E-state index contributed by atoms with van der Waals surface area (Å²) in [4.78, 5) is 0.